The number of thiazole rings is 1. The molecule has 2 bridgehead atoms. The second-order valence-electron chi connectivity index (χ2n) is 7.35. The SMILES string of the molecule is O=C(Nc1cnn(CC2C3CCC2CNC3)c1)c1csc(-c2cn[nH]c2)n1. The largest absolute Gasteiger partial charge is 0.318 e. The summed E-state index contributed by atoms with van der Waals surface area (Å²) in [5.41, 5.74) is 1.99. The predicted molar refractivity (Wildman–Crippen MR) is 102 cm³/mol. The van der Waals surface area contributed by atoms with Crippen molar-refractivity contribution < 1.29 is 4.79 Å². The number of H-pyrrole nitrogens is 1. The Kier molecular flexibility index (Phi) is 4.25. The Morgan fingerprint density at radius 2 is 2.15 bits per heavy atom. The van der Waals surface area contributed by atoms with Crippen molar-refractivity contribution in [3.8, 4) is 10.6 Å². The van der Waals surface area contributed by atoms with E-state index in [0.717, 1.165) is 42.0 Å². The maximum atomic E-state index is 12.5. The molecule has 1 saturated carbocycles. The average molecular weight is 383 g/mol. The fourth-order valence-corrected chi connectivity index (χ4v) is 5.10. The molecule has 5 rings (SSSR count). The lowest BCUT2D eigenvalue weighted by atomic mass is 9.86. The molecule has 3 aromatic rings. The summed E-state index contributed by atoms with van der Waals surface area (Å²) in [6.07, 6.45) is 9.72. The van der Waals surface area contributed by atoms with E-state index in [1.807, 2.05) is 10.9 Å². The molecular formula is C18H21N7OS. The van der Waals surface area contributed by atoms with E-state index in [1.54, 1.807) is 24.0 Å². The molecule has 1 aliphatic carbocycles. The zero-order valence-electron chi connectivity index (χ0n) is 14.8. The minimum Gasteiger partial charge on any atom is -0.318 e. The highest BCUT2D eigenvalue weighted by atomic mass is 32.1. The molecular weight excluding hydrogens is 362 g/mol. The van der Waals surface area contributed by atoms with Crippen molar-refractivity contribution in [1.29, 1.82) is 0 Å². The Morgan fingerprint density at radius 3 is 2.93 bits per heavy atom. The lowest BCUT2D eigenvalue weighted by Gasteiger charge is -2.30. The van der Waals surface area contributed by atoms with E-state index in [1.165, 1.54) is 24.2 Å². The highest BCUT2D eigenvalue weighted by Crippen LogP contribution is 2.40. The molecule has 140 valence electrons. The highest BCUT2D eigenvalue weighted by molar-refractivity contribution is 7.13. The molecule has 0 spiro atoms. The second-order valence-corrected chi connectivity index (χ2v) is 8.21. The molecule has 1 amide bonds. The highest BCUT2D eigenvalue weighted by Gasteiger charge is 2.38. The van der Waals surface area contributed by atoms with Crippen molar-refractivity contribution in [2.75, 3.05) is 18.4 Å². The smallest absolute Gasteiger partial charge is 0.275 e. The molecule has 2 aliphatic rings. The van der Waals surface area contributed by atoms with Gasteiger partial charge in [-0.1, -0.05) is 0 Å². The number of amides is 1. The molecule has 2 fully saturated rings. The van der Waals surface area contributed by atoms with Crippen LogP contribution >= 0.6 is 11.3 Å². The van der Waals surface area contributed by atoms with E-state index in [-0.39, 0.29) is 5.91 Å². The second kappa shape index (κ2) is 6.90. The normalized spacial score (nSPS) is 24.2. The maximum Gasteiger partial charge on any atom is 0.275 e. The lowest BCUT2D eigenvalue weighted by Crippen LogP contribution is -2.39. The van der Waals surface area contributed by atoms with Crippen LogP contribution in [0.5, 0.6) is 0 Å². The number of hydrogen-bond donors (Lipinski definition) is 3. The number of hydrogen-bond acceptors (Lipinski definition) is 6. The van der Waals surface area contributed by atoms with Crippen molar-refractivity contribution in [2.45, 2.75) is 19.4 Å². The molecule has 1 saturated heterocycles. The topological polar surface area (TPSA) is 101 Å². The molecule has 2 atom stereocenters. The lowest BCUT2D eigenvalue weighted by molar-refractivity contribution is 0.102. The third-order valence-electron chi connectivity index (χ3n) is 5.70. The van der Waals surface area contributed by atoms with Crippen LogP contribution in [0.4, 0.5) is 5.69 Å². The maximum absolute atomic E-state index is 12.5. The van der Waals surface area contributed by atoms with Gasteiger partial charge in [0.05, 0.1) is 18.1 Å². The van der Waals surface area contributed by atoms with Crippen LogP contribution in [0.15, 0.2) is 30.2 Å². The Labute approximate surface area is 160 Å². The number of rotatable bonds is 5. The molecule has 0 radical (unpaired) electrons. The van der Waals surface area contributed by atoms with Crippen molar-refractivity contribution >= 4 is 22.9 Å². The molecule has 3 N–H and O–H groups in total. The Morgan fingerprint density at radius 1 is 1.30 bits per heavy atom. The van der Waals surface area contributed by atoms with E-state index < -0.39 is 0 Å². The van der Waals surface area contributed by atoms with E-state index in [2.05, 4.69) is 30.9 Å². The first kappa shape index (κ1) is 16.6. The van der Waals surface area contributed by atoms with Crippen molar-refractivity contribution in [3.63, 3.8) is 0 Å². The number of carbonyl (C=O) groups excluding carboxylic acids is 1. The number of anilines is 1. The third kappa shape index (κ3) is 3.28. The van der Waals surface area contributed by atoms with Crippen LogP contribution in [0.1, 0.15) is 23.3 Å². The summed E-state index contributed by atoms with van der Waals surface area (Å²) in [5.74, 6) is 1.97. The van der Waals surface area contributed by atoms with Gasteiger partial charge < -0.3 is 10.6 Å². The van der Waals surface area contributed by atoms with Gasteiger partial charge in [0.2, 0.25) is 0 Å². The number of nitrogens with zero attached hydrogens (tertiary/aromatic N) is 4. The summed E-state index contributed by atoms with van der Waals surface area (Å²) < 4.78 is 1.97. The van der Waals surface area contributed by atoms with Crippen molar-refractivity contribution in [2.24, 2.45) is 17.8 Å². The number of nitrogens with one attached hydrogen (secondary N) is 3. The van der Waals surface area contributed by atoms with Gasteiger partial charge in [0.25, 0.3) is 5.91 Å². The minimum atomic E-state index is -0.220. The third-order valence-corrected chi connectivity index (χ3v) is 6.59. The quantitative estimate of drug-likeness (QED) is 0.627. The predicted octanol–water partition coefficient (Wildman–Crippen LogP) is 2.23. The molecule has 4 heterocycles. The van der Waals surface area contributed by atoms with Crippen LogP contribution in [0.2, 0.25) is 0 Å². The first-order valence-corrected chi connectivity index (χ1v) is 10.1. The summed E-state index contributed by atoms with van der Waals surface area (Å²) in [5, 5.41) is 20.1. The van der Waals surface area contributed by atoms with Gasteiger partial charge in [-0.3, -0.25) is 14.6 Å². The average Bonchev–Trinajstić information content (AvgIpc) is 3.44. The summed E-state index contributed by atoms with van der Waals surface area (Å²) in [6, 6.07) is 0. The number of carbonyl (C=O) groups is 1. The van der Waals surface area contributed by atoms with Gasteiger partial charge in [-0.05, 0) is 43.7 Å². The number of aromatic nitrogens is 5. The van der Waals surface area contributed by atoms with Gasteiger partial charge >= 0.3 is 0 Å². The summed E-state index contributed by atoms with van der Waals surface area (Å²) in [6.45, 7) is 3.16. The molecule has 9 heteroatoms. The van der Waals surface area contributed by atoms with E-state index in [4.69, 9.17) is 0 Å². The fraction of sp³-hybridized carbons (Fsp3) is 0.444. The van der Waals surface area contributed by atoms with Gasteiger partial charge in [-0.2, -0.15) is 10.2 Å². The molecule has 0 aromatic carbocycles. The van der Waals surface area contributed by atoms with Crippen LogP contribution in [0.3, 0.4) is 0 Å². The Hall–Kier alpha value is -2.52. The standard InChI is InChI=1S/C18H21N7OS/c26-17(16-10-27-18(24-16)13-5-20-21-6-13)23-14-7-22-25(8-14)9-15-11-1-2-12(15)4-19-3-11/h5-8,10-12,15,19H,1-4,9H2,(H,20,21)(H,23,26). The van der Waals surface area contributed by atoms with Crippen LogP contribution < -0.4 is 10.6 Å². The summed E-state index contributed by atoms with van der Waals surface area (Å²) in [4.78, 5) is 16.9. The van der Waals surface area contributed by atoms with Gasteiger partial charge in [-0.25, -0.2) is 4.98 Å². The zero-order valence-corrected chi connectivity index (χ0v) is 15.6. The van der Waals surface area contributed by atoms with Gasteiger partial charge in [0.15, 0.2) is 0 Å². The number of aromatic amines is 1. The molecule has 1 aliphatic heterocycles. The van der Waals surface area contributed by atoms with Crippen LogP contribution in [-0.2, 0) is 6.54 Å². The van der Waals surface area contributed by atoms with E-state index in [0.29, 0.717) is 17.3 Å². The summed E-state index contributed by atoms with van der Waals surface area (Å²) in [7, 11) is 0. The van der Waals surface area contributed by atoms with Crippen LogP contribution in [0.25, 0.3) is 10.6 Å². The van der Waals surface area contributed by atoms with Crippen LogP contribution in [-0.4, -0.2) is 44.0 Å². The monoisotopic (exact) mass is 383 g/mol. The molecule has 27 heavy (non-hydrogen) atoms. The van der Waals surface area contributed by atoms with Gasteiger partial charge in [0, 0.05) is 29.9 Å². The Balaban J connectivity index is 1.23. The van der Waals surface area contributed by atoms with Crippen molar-refractivity contribution in [1.82, 2.24) is 30.3 Å². The first-order chi connectivity index (χ1) is 13.3. The van der Waals surface area contributed by atoms with Gasteiger partial charge in [-0.15, -0.1) is 11.3 Å². The van der Waals surface area contributed by atoms with E-state index in [9.17, 15) is 4.79 Å². The number of fused-ring (bicyclic) bond motifs is 2. The first-order valence-electron chi connectivity index (χ1n) is 9.25. The van der Waals surface area contributed by atoms with Crippen molar-refractivity contribution in [3.05, 3.63) is 35.9 Å². The zero-order chi connectivity index (χ0) is 18.2. The number of piperidine rings is 1. The molecule has 8 nitrogen and oxygen atoms in total. The fourth-order valence-electron chi connectivity index (χ4n) is 4.32. The molecule has 2 unspecified atom stereocenters. The summed E-state index contributed by atoms with van der Waals surface area (Å²) >= 11 is 1.42. The Bertz CT molecular complexity index is 915. The minimum absolute atomic E-state index is 0.220. The van der Waals surface area contributed by atoms with Gasteiger partial charge in [0.1, 0.15) is 10.7 Å². The van der Waals surface area contributed by atoms with Crippen LogP contribution in [0, 0.1) is 17.8 Å². The van der Waals surface area contributed by atoms with E-state index >= 15 is 0 Å². The molecule has 3 aromatic heterocycles.